The van der Waals surface area contributed by atoms with E-state index in [0.717, 1.165) is 66.1 Å². The van der Waals surface area contributed by atoms with Crippen LogP contribution >= 0.6 is 0 Å². The van der Waals surface area contributed by atoms with Gasteiger partial charge in [0.2, 0.25) is 0 Å². The number of carbonyl (C=O) groups excluding carboxylic acids is 1. The molecule has 0 bridgehead atoms. The maximum atomic E-state index is 13.0. The van der Waals surface area contributed by atoms with E-state index in [1.807, 2.05) is 74.5 Å². The van der Waals surface area contributed by atoms with E-state index in [0.29, 0.717) is 17.1 Å². The van der Waals surface area contributed by atoms with Gasteiger partial charge in [0.25, 0.3) is 0 Å². The molecule has 39 heavy (non-hydrogen) atoms. The van der Waals surface area contributed by atoms with Crippen LogP contribution in [0.15, 0.2) is 30.5 Å². The third-order valence-electron chi connectivity index (χ3n) is 7.26. The van der Waals surface area contributed by atoms with Crippen molar-refractivity contribution in [3.05, 3.63) is 41.9 Å². The molecule has 0 aromatic carbocycles. The highest BCUT2D eigenvalue weighted by Gasteiger charge is 2.42. The van der Waals surface area contributed by atoms with Gasteiger partial charge < -0.3 is 19.3 Å². The quantitative estimate of drug-likeness (QED) is 0.358. The van der Waals surface area contributed by atoms with Crippen LogP contribution < -0.4 is 9.64 Å². The minimum absolute atomic E-state index is 0.120. The average molecular weight is 530 g/mol. The molecule has 10 heteroatoms. The van der Waals surface area contributed by atoms with E-state index in [4.69, 9.17) is 24.5 Å². The summed E-state index contributed by atoms with van der Waals surface area (Å²) in [4.78, 5) is 31.6. The maximum Gasteiger partial charge on any atom is 0.410 e. The molecule has 2 aliphatic rings. The number of hydrogen-bond acceptors (Lipinski definition) is 8. The molecule has 0 N–H and O–H groups in total. The highest BCUT2D eigenvalue weighted by molar-refractivity contribution is 5.83. The first kappa shape index (κ1) is 25.3. The number of methoxy groups -OCH3 is 1. The number of ether oxygens (including phenoxy) is 2. The summed E-state index contributed by atoms with van der Waals surface area (Å²) >= 11 is 0. The molecule has 1 atom stereocenters. The Morgan fingerprint density at radius 1 is 1.00 bits per heavy atom. The molecule has 4 aromatic heterocycles. The molecule has 1 saturated carbocycles. The second kappa shape index (κ2) is 9.36. The van der Waals surface area contributed by atoms with Gasteiger partial charge in [-0.1, -0.05) is 0 Å². The summed E-state index contributed by atoms with van der Waals surface area (Å²) in [5.74, 6) is 1.55. The van der Waals surface area contributed by atoms with Crippen LogP contribution in [0, 0.1) is 13.8 Å². The van der Waals surface area contributed by atoms with Crippen molar-refractivity contribution in [2.24, 2.45) is 0 Å². The van der Waals surface area contributed by atoms with Gasteiger partial charge in [0.1, 0.15) is 16.9 Å². The van der Waals surface area contributed by atoms with E-state index in [-0.39, 0.29) is 18.2 Å². The first-order valence-electron chi connectivity index (χ1n) is 13.6. The Labute approximate surface area is 228 Å². The van der Waals surface area contributed by atoms with Crippen LogP contribution in [-0.2, 0) is 4.74 Å². The fourth-order valence-electron chi connectivity index (χ4n) is 5.47. The van der Waals surface area contributed by atoms with Gasteiger partial charge in [-0.15, -0.1) is 0 Å². The maximum absolute atomic E-state index is 13.0. The van der Waals surface area contributed by atoms with Gasteiger partial charge >= 0.3 is 6.09 Å². The molecule has 1 aliphatic carbocycles. The number of fused-ring (bicyclic) bond motifs is 2. The molecule has 4 aromatic rings. The molecule has 0 spiro atoms. The average Bonchev–Trinajstić information content (AvgIpc) is 3.44. The molecular weight excluding hydrogens is 494 g/mol. The molecule has 10 nitrogen and oxygen atoms in total. The number of rotatable bonds is 5. The fraction of sp³-hybridized carbons (Fsp3) is 0.483. The Hall–Kier alpha value is -3.95. The number of carbonyl (C=O) groups is 1. The Balaban J connectivity index is 1.25. The molecule has 1 aliphatic heterocycles. The number of hydrogen-bond donors (Lipinski definition) is 0. The SMILES string of the molecule is COc1c(-c2ccc3nc(N4CCC(N(C(=O)OC(C)(C)C)C5CC5)C4)ccc3n2)nn2cc(C)nc(C)c12. The van der Waals surface area contributed by atoms with Crippen molar-refractivity contribution in [2.75, 3.05) is 25.1 Å². The minimum Gasteiger partial charge on any atom is -0.492 e. The van der Waals surface area contributed by atoms with Crippen LogP contribution in [0.2, 0.25) is 0 Å². The Kier molecular flexibility index (Phi) is 6.08. The third-order valence-corrected chi connectivity index (χ3v) is 7.26. The van der Waals surface area contributed by atoms with E-state index >= 15 is 0 Å². The van der Waals surface area contributed by atoms with Gasteiger partial charge in [-0.05, 0) is 78.1 Å². The second-order valence-electron chi connectivity index (χ2n) is 11.6. The molecule has 1 unspecified atom stereocenters. The van der Waals surface area contributed by atoms with Crippen LogP contribution in [0.5, 0.6) is 5.75 Å². The molecule has 1 saturated heterocycles. The first-order chi connectivity index (χ1) is 18.6. The topological polar surface area (TPSA) is 98.0 Å². The van der Waals surface area contributed by atoms with Gasteiger partial charge in [0.05, 0.1) is 47.5 Å². The number of aromatic nitrogens is 5. The normalized spacial score (nSPS) is 17.7. The van der Waals surface area contributed by atoms with Crippen molar-refractivity contribution < 1.29 is 14.3 Å². The summed E-state index contributed by atoms with van der Waals surface area (Å²) in [7, 11) is 1.64. The van der Waals surface area contributed by atoms with E-state index in [1.165, 1.54) is 0 Å². The fourth-order valence-corrected chi connectivity index (χ4v) is 5.47. The van der Waals surface area contributed by atoms with Crippen LogP contribution in [0.4, 0.5) is 10.6 Å². The summed E-state index contributed by atoms with van der Waals surface area (Å²) in [5, 5.41) is 4.76. The molecule has 2 fully saturated rings. The highest BCUT2D eigenvalue weighted by Crippen LogP contribution is 2.36. The van der Waals surface area contributed by atoms with Crippen molar-refractivity contribution in [1.29, 1.82) is 0 Å². The number of nitrogens with zero attached hydrogens (tertiary/aromatic N) is 7. The van der Waals surface area contributed by atoms with E-state index in [9.17, 15) is 4.79 Å². The van der Waals surface area contributed by atoms with Gasteiger partial charge in [-0.2, -0.15) is 5.10 Å². The Morgan fingerprint density at radius 3 is 2.46 bits per heavy atom. The zero-order chi connectivity index (χ0) is 27.5. The van der Waals surface area contributed by atoms with Crippen molar-refractivity contribution >= 4 is 28.5 Å². The Bertz CT molecular complexity index is 1570. The molecular formula is C29H35N7O3. The van der Waals surface area contributed by atoms with Crippen molar-refractivity contribution in [1.82, 2.24) is 29.5 Å². The lowest BCUT2D eigenvalue weighted by Crippen LogP contribution is -2.46. The van der Waals surface area contributed by atoms with Crippen molar-refractivity contribution in [3.63, 3.8) is 0 Å². The molecule has 5 heterocycles. The summed E-state index contributed by atoms with van der Waals surface area (Å²) in [6.45, 7) is 11.2. The predicted molar refractivity (Wildman–Crippen MR) is 149 cm³/mol. The first-order valence-corrected chi connectivity index (χ1v) is 13.6. The van der Waals surface area contributed by atoms with Crippen LogP contribution in [0.25, 0.3) is 27.9 Å². The number of amides is 1. The summed E-state index contributed by atoms with van der Waals surface area (Å²) < 4.78 is 13.3. The van der Waals surface area contributed by atoms with Gasteiger partial charge in [0.15, 0.2) is 11.4 Å². The van der Waals surface area contributed by atoms with E-state index in [2.05, 4.69) is 9.88 Å². The lowest BCUT2D eigenvalue weighted by atomic mass is 10.2. The zero-order valence-electron chi connectivity index (χ0n) is 23.4. The standard InChI is InChI=1S/C29H35N7O3/c1-17-15-35-26(18(2)30-17)27(38-6)25(33-35)23-10-9-22-21(31-23)11-12-24(32-22)34-14-13-20(16-34)36(19-7-8-19)28(37)39-29(3,4)5/h9-12,15,19-20H,7-8,13-14,16H2,1-6H3. The molecule has 0 radical (unpaired) electrons. The largest absolute Gasteiger partial charge is 0.492 e. The zero-order valence-corrected chi connectivity index (χ0v) is 23.4. The lowest BCUT2D eigenvalue weighted by Gasteiger charge is -2.31. The van der Waals surface area contributed by atoms with Gasteiger partial charge in [0, 0.05) is 19.1 Å². The molecule has 1 amide bonds. The lowest BCUT2D eigenvalue weighted by molar-refractivity contribution is 0.0158. The van der Waals surface area contributed by atoms with Gasteiger partial charge in [-0.25, -0.2) is 19.3 Å². The predicted octanol–water partition coefficient (Wildman–Crippen LogP) is 4.94. The highest BCUT2D eigenvalue weighted by atomic mass is 16.6. The monoisotopic (exact) mass is 529 g/mol. The van der Waals surface area contributed by atoms with Crippen LogP contribution in [-0.4, -0.2) is 73.4 Å². The van der Waals surface area contributed by atoms with Crippen LogP contribution in [0.1, 0.15) is 51.4 Å². The van der Waals surface area contributed by atoms with Crippen molar-refractivity contribution in [2.45, 2.75) is 71.6 Å². The number of aryl methyl sites for hydroxylation is 2. The van der Waals surface area contributed by atoms with Crippen molar-refractivity contribution in [3.8, 4) is 17.1 Å². The summed E-state index contributed by atoms with van der Waals surface area (Å²) in [6, 6.07) is 8.33. The van der Waals surface area contributed by atoms with E-state index in [1.54, 1.807) is 7.11 Å². The summed E-state index contributed by atoms with van der Waals surface area (Å²) in [6.07, 6.45) is 4.67. The molecule has 204 valence electrons. The number of pyridine rings is 2. The minimum atomic E-state index is -0.504. The third kappa shape index (κ3) is 4.84. The number of anilines is 1. The van der Waals surface area contributed by atoms with Crippen LogP contribution in [0.3, 0.4) is 0 Å². The second-order valence-corrected chi connectivity index (χ2v) is 11.6. The molecule has 6 rings (SSSR count). The smallest absolute Gasteiger partial charge is 0.410 e. The Morgan fingerprint density at radius 2 is 1.74 bits per heavy atom. The van der Waals surface area contributed by atoms with E-state index < -0.39 is 5.60 Å². The van der Waals surface area contributed by atoms with Gasteiger partial charge in [-0.3, -0.25) is 4.98 Å². The summed E-state index contributed by atoms with van der Waals surface area (Å²) in [5.41, 5.74) is 5.05.